The second-order valence-corrected chi connectivity index (χ2v) is 8.71. The van der Waals surface area contributed by atoms with Crippen molar-refractivity contribution in [1.82, 2.24) is 0 Å². The number of nitrogens with zero attached hydrogens (tertiary/aromatic N) is 3. The molecule has 0 fully saturated rings. The minimum absolute atomic E-state index is 0.00517. The molecule has 3 rings (SSSR count). The van der Waals surface area contributed by atoms with Crippen LogP contribution in [0.15, 0.2) is 65.8 Å². The van der Waals surface area contributed by atoms with Crippen LogP contribution in [0.25, 0.3) is 0 Å². The van der Waals surface area contributed by atoms with Crippen molar-refractivity contribution >= 4 is 57.1 Å². The Labute approximate surface area is 206 Å². The normalized spacial score (nSPS) is 10.6. The Morgan fingerprint density at radius 3 is 2.68 bits per heavy atom. The summed E-state index contributed by atoms with van der Waals surface area (Å²) in [6.07, 6.45) is 1.55. The first-order valence-corrected chi connectivity index (χ1v) is 11.1. The molecule has 0 bridgehead atoms. The van der Waals surface area contributed by atoms with Gasteiger partial charge in [0.2, 0.25) is 0 Å². The molecule has 3 aromatic carbocycles. The number of halogens is 2. The molecule has 0 spiro atoms. The maximum Gasteiger partial charge on any atom is 0.269 e. The highest BCUT2D eigenvalue weighted by molar-refractivity contribution is 14.1. The lowest BCUT2D eigenvalue weighted by Crippen LogP contribution is -2.03. The van der Waals surface area contributed by atoms with E-state index in [4.69, 9.17) is 9.57 Å². The van der Waals surface area contributed by atoms with E-state index in [9.17, 15) is 15.4 Å². The molecule has 0 atom stereocenters. The molecule has 156 valence electrons. The number of nitriles is 1. The predicted octanol–water partition coefficient (Wildman–Crippen LogP) is 5.81. The van der Waals surface area contributed by atoms with Gasteiger partial charge in [-0.05, 0) is 68.9 Å². The van der Waals surface area contributed by atoms with E-state index in [1.54, 1.807) is 24.4 Å². The van der Waals surface area contributed by atoms with E-state index in [0.717, 1.165) is 18.3 Å². The first-order chi connectivity index (χ1) is 15.0. The van der Waals surface area contributed by atoms with Crippen molar-refractivity contribution in [3.8, 4) is 11.8 Å². The number of oxime groups is 1. The lowest BCUT2D eigenvalue weighted by atomic mass is 10.1. The molecule has 0 unspecified atom stereocenters. The zero-order valence-electron chi connectivity index (χ0n) is 16.0. The zero-order valence-corrected chi connectivity index (χ0v) is 20.3. The molecular weight excluding hydrogens is 624 g/mol. The fraction of sp³-hybridized carbons (Fsp3) is 0.0909. The highest BCUT2D eigenvalue weighted by Gasteiger charge is 2.11. The molecule has 0 saturated heterocycles. The number of non-ortho nitro benzene ring substituents is 1. The Balaban J connectivity index is 1.73. The van der Waals surface area contributed by atoms with E-state index in [1.165, 1.54) is 12.1 Å². The lowest BCUT2D eigenvalue weighted by molar-refractivity contribution is -0.384. The summed E-state index contributed by atoms with van der Waals surface area (Å²) in [4.78, 5) is 15.8. The van der Waals surface area contributed by atoms with E-state index in [-0.39, 0.29) is 18.9 Å². The molecule has 0 heterocycles. The van der Waals surface area contributed by atoms with Gasteiger partial charge in [0.15, 0.2) is 0 Å². The fourth-order valence-electron chi connectivity index (χ4n) is 2.70. The van der Waals surface area contributed by atoms with E-state index in [0.29, 0.717) is 16.9 Å². The molecule has 7 nitrogen and oxygen atoms in total. The minimum atomic E-state index is -0.450. The maximum absolute atomic E-state index is 10.9. The topological polar surface area (TPSA) is 97.8 Å². The van der Waals surface area contributed by atoms with Gasteiger partial charge < -0.3 is 9.57 Å². The Morgan fingerprint density at radius 1 is 1.10 bits per heavy atom. The molecule has 0 saturated carbocycles. The van der Waals surface area contributed by atoms with Crippen LogP contribution in [0.3, 0.4) is 0 Å². The van der Waals surface area contributed by atoms with Gasteiger partial charge in [-0.3, -0.25) is 10.1 Å². The van der Waals surface area contributed by atoms with Crippen LogP contribution < -0.4 is 4.74 Å². The summed E-state index contributed by atoms with van der Waals surface area (Å²) in [5.41, 5.74) is 2.74. The first kappa shape index (κ1) is 23.0. The van der Waals surface area contributed by atoms with Gasteiger partial charge in [-0.15, -0.1) is 0 Å². The average molecular weight is 639 g/mol. The van der Waals surface area contributed by atoms with Crippen molar-refractivity contribution in [2.24, 2.45) is 5.16 Å². The Bertz CT molecular complexity index is 1180. The average Bonchev–Trinajstić information content (AvgIpc) is 2.76. The highest BCUT2D eigenvalue weighted by Crippen LogP contribution is 2.28. The molecule has 9 heteroatoms. The van der Waals surface area contributed by atoms with Crippen LogP contribution in [-0.4, -0.2) is 11.1 Å². The first-order valence-electron chi connectivity index (χ1n) is 8.96. The minimum Gasteiger partial charge on any atom is -0.487 e. The summed E-state index contributed by atoms with van der Waals surface area (Å²) in [5.74, 6) is 0.636. The van der Waals surface area contributed by atoms with Crippen LogP contribution >= 0.6 is 45.2 Å². The van der Waals surface area contributed by atoms with Crippen molar-refractivity contribution in [3.63, 3.8) is 0 Å². The number of benzene rings is 3. The van der Waals surface area contributed by atoms with Crippen molar-refractivity contribution in [2.75, 3.05) is 0 Å². The third kappa shape index (κ3) is 6.38. The predicted molar refractivity (Wildman–Crippen MR) is 133 cm³/mol. The number of nitro groups is 1. The number of rotatable bonds is 8. The molecule has 0 aliphatic heterocycles. The van der Waals surface area contributed by atoms with Crippen molar-refractivity contribution < 1.29 is 14.5 Å². The largest absolute Gasteiger partial charge is 0.487 e. The quantitative estimate of drug-likeness (QED) is 0.134. The van der Waals surface area contributed by atoms with E-state index in [2.05, 4.69) is 56.4 Å². The standard InChI is InChI=1S/C22H15I2N3O4/c23-19-9-18(12-26-31-13-15-4-3-7-20(8-15)27(28)29)22(21(24)10-19)30-14-17-6-2-1-5-16(17)11-25/h1-10,12H,13-14H2/b26-12-. The van der Waals surface area contributed by atoms with E-state index < -0.39 is 4.92 Å². The molecule has 0 amide bonds. The van der Waals surface area contributed by atoms with Crippen molar-refractivity contribution in [1.29, 1.82) is 5.26 Å². The second-order valence-electron chi connectivity index (χ2n) is 6.30. The summed E-state index contributed by atoms with van der Waals surface area (Å²) < 4.78 is 7.93. The van der Waals surface area contributed by atoms with Gasteiger partial charge in [0.05, 0.1) is 26.3 Å². The number of ether oxygens (including phenoxy) is 1. The molecule has 0 aliphatic rings. The van der Waals surface area contributed by atoms with Gasteiger partial charge in [-0.25, -0.2) is 0 Å². The molecule has 0 aliphatic carbocycles. The Kier molecular flexibility index (Phi) is 8.19. The van der Waals surface area contributed by atoms with Crippen molar-refractivity contribution in [3.05, 3.63) is 100 Å². The molecule has 0 N–H and O–H groups in total. The summed E-state index contributed by atoms with van der Waals surface area (Å²) in [7, 11) is 0. The van der Waals surface area contributed by atoms with Crippen LogP contribution in [0.4, 0.5) is 5.69 Å². The smallest absolute Gasteiger partial charge is 0.269 e. The number of hydrogen-bond acceptors (Lipinski definition) is 6. The number of nitro benzene ring substituents is 1. The summed E-state index contributed by atoms with van der Waals surface area (Å²) in [6, 6.07) is 19.6. The van der Waals surface area contributed by atoms with Gasteiger partial charge in [-0.2, -0.15) is 5.26 Å². The Hall–Kier alpha value is -2.72. The third-order valence-corrected chi connectivity index (χ3v) is 5.59. The van der Waals surface area contributed by atoms with Gasteiger partial charge in [0.25, 0.3) is 5.69 Å². The summed E-state index contributed by atoms with van der Waals surface area (Å²) >= 11 is 4.40. The number of hydrogen-bond donors (Lipinski definition) is 0. The monoisotopic (exact) mass is 639 g/mol. The third-order valence-electron chi connectivity index (χ3n) is 4.17. The summed E-state index contributed by atoms with van der Waals surface area (Å²) in [6.45, 7) is 0.348. The van der Waals surface area contributed by atoms with Gasteiger partial charge in [0.1, 0.15) is 19.0 Å². The van der Waals surface area contributed by atoms with Gasteiger partial charge >= 0.3 is 0 Å². The molecule has 31 heavy (non-hydrogen) atoms. The van der Waals surface area contributed by atoms with E-state index in [1.807, 2.05) is 30.3 Å². The maximum atomic E-state index is 10.9. The van der Waals surface area contributed by atoms with Crippen molar-refractivity contribution in [2.45, 2.75) is 13.2 Å². The molecule has 3 aromatic rings. The molecule has 0 radical (unpaired) electrons. The second kappa shape index (κ2) is 11.1. The highest BCUT2D eigenvalue weighted by atomic mass is 127. The lowest BCUT2D eigenvalue weighted by Gasteiger charge is -2.12. The fourth-order valence-corrected chi connectivity index (χ4v) is 4.74. The van der Waals surface area contributed by atoms with Gasteiger partial charge in [-0.1, -0.05) is 35.5 Å². The molecule has 0 aromatic heterocycles. The molecular formula is C22H15I2N3O4. The van der Waals surface area contributed by atoms with Crippen LogP contribution in [0.1, 0.15) is 22.3 Å². The Morgan fingerprint density at radius 2 is 1.90 bits per heavy atom. The SMILES string of the molecule is N#Cc1ccccc1COc1c(I)cc(I)cc1/C=N\OCc1cccc([N+](=O)[O-])c1. The van der Waals surface area contributed by atoms with Crippen LogP contribution in [0.5, 0.6) is 5.75 Å². The van der Waals surface area contributed by atoms with Gasteiger partial charge in [0, 0.05) is 26.8 Å². The van der Waals surface area contributed by atoms with Crippen LogP contribution in [0.2, 0.25) is 0 Å². The van der Waals surface area contributed by atoms with Crippen LogP contribution in [-0.2, 0) is 18.1 Å². The zero-order chi connectivity index (χ0) is 22.2. The van der Waals surface area contributed by atoms with E-state index >= 15 is 0 Å². The summed E-state index contributed by atoms with van der Waals surface area (Å²) in [5, 5.41) is 24.1. The van der Waals surface area contributed by atoms with Crippen LogP contribution in [0, 0.1) is 28.6 Å².